The zero-order valence-electron chi connectivity index (χ0n) is 9.35. The van der Waals surface area contributed by atoms with E-state index < -0.39 is 16.3 Å². The van der Waals surface area contributed by atoms with Crippen LogP contribution in [0.15, 0.2) is 18.2 Å². The molecule has 0 heterocycles. The van der Waals surface area contributed by atoms with Gasteiger partial charge in [-0.15, -0.1) is 0 Å². The lowest BCUT2D eigenvalue weighted by atomic mass is 9.82. The summed E-state index contributed by atoms with van der Waals surface area (Å²) < 4.78 is 0. The maximum absolute atomic E-state index is 11.0. The summed E-state index contributed by atoms with van der Waals surface area (Å²) in [5, 5.41) is 19.9. The summed E-state index contributed by atoms with van der Waals surface area (Å²) in [6, 6.07) is 4.10. The van der Waals surface area contributed by atoms with Crippen LogP contribution in [0.25, 0.3) is 0 Å². The molecule has 0 atom stereocenters. The number of aromatic carboxylic acids is 1. The number of carboxylic acid groups (broad SMARTS) is 1. The molecule has 0 saturated carbocycles. The molecule has 16 heavy (non-hydrogen) atoms. The Kier molecular flexibility index (Phi) is 2.98. The molecule has 0 amide bonds. The summed E-state index contributed by atoms with van der Waals surface area (Å²) >= 11 is 0. The van der Waals surface area contributed by atoms with Crippen molar-refractivity contribution < 1.29 is 14.8 Å². The molecule has 0 aromatic heterocycles. The fourth-order valence-corrected chi connectivity index (χ4v) is 1.66. The van der Waals surface area contributed by atoms with Crippen molar-refractivity contribution in [1.29, 1.82) is 0 Å². The van der Waals surface area contributed by atoms with Gasteiger partial charge in [-0.25, -0.2) is 4.79 Å². The Morgan fingerprint density at radius 1 is 1.38 bits per heavy atom. The molecular formula is C11H13NO4. The maximum Gasteiger partial charge on any atom is 0.336 e. The number of benzene rings is 1. The third kappa shape index (κ3) is 2.18. The maximum atomic E-state index is 11.0. The highest BCUT2D eigenvalue weighted by molar-refractivity contribution is 5.91. The van der Waals surface area contributed by atoms with Gasteiger partial charge in [0.05, 0.1) is 10.5 Å². The van der Waals surface area contributed by atoms with Crippen molar-refractivity contribution in [3.8, 4) is 0 Å². The van der Waals surface area contributed by atoms with Gasteiger partial charge in [0, 0.05) is 11.6 Å². The van der Waals surface area contributed by atoms with Crippen molar-refractivity contribution in [1.82, 2.24) is 0 Å². The quantitative estimate of drug-likeness (QED) is 0.617. The van der Waals surface area contributed by atoms with Gasteiger partial charge < -0.3 is 5.11 Å². The van der Waals surface area contributed by atoms with Crippen molar-refractivity contribution in [2.24, 2.45) is 0 Å². The number of nitro groups is 1. The van der Waals surface area contributed by atoms with Crippen LogP contribution in [0.4, 0.5) is 5.69 Å². The highest BCUT2D eigenvalue weighted by atomic mass is 16.6. The van der Waals surface area contributed by atoms with Gasteiger partial charge in [0.15, 0.2) is 0 Å². The molecule has 0 saturated heterocycles. The van der Waals surface area contributed by atoms with Crippen molar-refractivity contribution in [2.45, 2.75) is 26.2 Å². The number of carboxylic acids is 1. The number of hydrogen-bond donors (Lipinski definition) is 1. The van der Waals surface area contributed by atoms with Crippen LogP contribution in [0.3, 0.4) is 0 Å². The smallest absolute Gasteiger partial charge is 0.336 e. The SMILES string of the molecule is CC(C)(C)c1c(C(=O)O)cccc1[N+](=O)[O-]. The van der Waals surface area contributed by atoms with Gasteiger partial charge in [-0.05, 0) is 11.5 Å². The molecule has 0 fully saturated rings. The molecule has 0 aliphatic rings. The first-order chi connectivity index (χ1) is 7.25. The van der Waals surface area contributed by atoms with Gasteiger partial charge in [0.2, 0.25) is 0 Å². The van der Waals surface area contributed by atoms with Crippen molar-refractivity contribution in [3.05, 3.63) is 39.4 Å². The van der Waals surface area contributed by atoms with E-state index in [1.807, 2.05) is 0 Å². The molecule has 0 bridgehead atoms. The Morgan fingerprint density at radius 2 is 1.94 bits per heavy atom. The van der Waals surface area contributed by atoms with Crippen LogP contribution in [0.5, 0.6) is 0 Å². The normalized spacial score (nSPS) is 11.2. The molecule has 0 unspecified atom stereocenters. The standard InChI is InChI=1S/C11H13NO4/c1-11(2,3)9-7(10(13)14)5-4-6-8(9)12(15)16/h4-6H,1-3H3,(H,13,14). The highest BCUT2D eigenvalue weighted by Crippen LogP contribution is 2.33. The topological polar surface area (TPSA) is 80.4 Å². The summed E-state index contributed by atoms with van der Waals surface area (Å²) in [5.74, 6) is -1.14. The van der Waals surface area contributed by atoms with E-state index in [9.17, 15) is 14.9 Å². The second-order valence-corrected chi connectivity index (χ2v) is 4.51. The Labute approximate surface area is 92.9 Å². The van der Waals surface area contributed by atoms with E-state index >= 15 is 0 Å². The van der Waals surface area contributed by atoms with E-state index in [1.165, 1.54) is 18.2 Å². The highest BCUT2D eigenvalue weighted by Gasteiger charge is 2.30. The Hall–Kier alpha value is -1.91. The average Bonchev–Trinajstić information content (AvgIpc) is 2.15. The third-order valence-corrected chi connectivity index (χ3v) is 2.22. The molecule has 86 valence electrons. The van der Waals surface area contributed by atoms with Crippen molar-refractivity contribution in [2.75, 3.05) is 0 Å². The predicted octanol–water partition coefficient (Wildman–Crippen LogP) is 2.59. The van der Waals surface area contributed by atoms with E-state index in [0.717, 1.165) is 0 Å². The van der Waals surface area contributed by atoms with Crippen LogP contribution in [0.1, 0.15) is 36.7 Å². The van der Waals surface area contributed by atoms with E-state index in [4.69, 9.17) is 5.11 Å². The van der Waals surface area contributed by atoms with Gasteiger partial charge in [-0.1, -0.05) is 26.8 Å². The van der Waals surface area contributed by atoms with Crippen LogP contribution in [-0.2, 0) is 5.41 Å². The molecule has 1 aromatic rings. The van der Waals surface area contributed by atoms with Crippen molar-refractivity contribution in [3.63, 3.8) is 0 Å². The first-order valence-electron chi connectivity index (χ1n) is 4.76. The Balaban J connectivity index is 3.60. The molecule has 0 spiro atoms. The number of nitro benzene ring substituents is 1. The van der Waals surface area contributed by atoms with Gasteiger partial charge in [0.1, 0.15) is 0 Å². The first-order valence-corrected chi connectivity index (χ1v) is 4.76. The lowest BCUT2D eigenvalue weighted by molar-refractivity contribution is -0.386. The summed E-state index contributed by atoms with van der Waals surface area (Å²) in [7, 11) is 0. The van der Waals surface area contributed by atoms with Crippen LogP contribution in [-0.4, -0.2) is 16.0 Å². The Morgan fingerprint density at radius 3 is 2.31 bits per heavy atom. The molecule has 5 heteroatoms. The fraction of sp³-hybridized carbons (Fsp3) is 0.364. The van der Waals surface area contributed by atoms with Gasteiger partial charge in [0.25, 0.3) is 5.69 Å². The molecule has 5 nitrogen and oxygen atoms in total. The minimum Gasteiger partial charge on any atom is -0.478 e. The third-order valence-electron chi connectivity index (χ3n) is 2.22. The minimum atomic E-state index is -1.14. The molecule has 0 aliphatic heterocycles. The number of nitrogens with zero attached hydrogens (tertiary/aromatic N) is 1. The first kappa shape index (κ1) is 12.2. The number of hydrogen-bond acceptors (Lipinski definition) is 3. The van der Waals surface area contributed by atoms with Gasteiger partial charge >= 0.3 is 5.97 Å². The predicted molar refractivity (Wildman–Crippen MR) is 58.8 cm³/mol. The monoisotopic (exact) mass is 223 g/mol. The Bertz CT molecular complexity index is 414. The average molecular weight is 223 g/mol. The lowest BCUT2D eigenvalue weighted by Crippen LogP contribution is -2.19. The number of rotatable bonds is 2. The molecule has 1 rings (SSSR count). The van der Waals surface area contributed by atoms with Gasteiger partial charge in [-0.3, -0.25) is 10.1 Å². The second kappa shape index (κ2) is 3.92. The molecule has 0 radical (unpaired) electrons. The van der Waals surface area contributed by atoms with Crippen molar-refractivity contribution >= 4 is 11.7 Å². The molecular weight excluding hydrogens is 210 g/mol. The second-order valence-electron chi connectivity index (χ2n) is 4.51. The summed E-state index contributed by atoms with van der Waals surface area (Å²) in [5.41, 5.74) is -0.487. The molecule has 0 aliphatic carbocycles. The lowest BCUT2D eigenvalue weighted by Gasteiger charge is -2.20. The van der Waals surface area contributed by atoms with E-state index in [0.29, 0.717) is 0 Å². The summed E-state index contributed by atoms with van der Waals surface area (Å²) in [6.07, 6.45) is 0. The van der Waals surface area contributed by atoms with Crippen LogP contribution in [0.2, 0.25) is 0 Å². The van der Waals surface area contributed by atoms with Gasteiger partial charge in [-0.2, -0.15) is 0 Å². The molecule has 1 N–H and O–H groups in total. The van der Waals surface area contributed by atoms with E-state index in [-0.39, 0.29) is 16.8 Å². The largest absolute Gasteiger partial charge is 0.478 e. The molecule has 1 aromatic carbocycles. The zero-order chi connectivity index (χ0) is 12.5. The van der Waals surface area contributed by atoms with Crippen LogP contribution >= 0.6 is 0 Å². The minimum absolute atomic E-state index is 0.0123. The summed E-state index contributed by atoms with van der Waals surface area (Å²) in [4.78, 5) is 21.3. The fourth-order valence-electron chi connectivity index (χ4n) is 1.66. The zero-order valence-corrected chi connectivity index (χ0v) is 9.35. The van der Waals surface area contributed by atoms with Crippen LogP contribution < -0.4 is 0 Å². The summed E-state index contributed by atoms with van der Waals surface area (Å²) in [6.45, 7) is 5.26. The van der Waals surface area contributed by atoms with Crippen LogP contribution in [0, 0.1) is 10.1 Å². The van der Waals surface area contributed by atoms with E-state index in [1.54, 1.807) is 20.8 Å². The van der Waals surface area contributed by atoms with E-state index in [2.05, 4.69) is 0 Å². The number of carbonyl (C=O) groups is 1.